The molecule has 1 rings (SSSR count). The Labute approximate surface area is 177 Å². The van der Waals surface area contributed by atoms with Gasteiger partial charge in [-0.25, -0.2) is 17.5 Å². The van der Waals surface area contributed by atoms with Crippen molar-refractivity contribution in [1.29, 1.82) is 0 Å². The molecule has 0 aliphatic heterocycles. The molecule has 0 saturated heterocycles. The molecule has 30 heavy (non-hydrogen) atoms. The monoisotopic (exact) mass is 443 g/mol. The third-order valence-electron chi connectivity index (χ3n) is 4.02. The predicted molar refractivity (Wildman–Crippen MR) is 108 cm³/mol. The van der Waals surface area contributed by atoms with Gasteiger partial charge in [0, 0.05) is 0 Å². The predicted octanol–water partition coefficient (Wildman–Crippen LogP) is 1.41. The van der Waals surface area contributed by atoms with Gasteiger partial charge in [0.1, 0.15) is 0 Å². The topological polar surface area (TPSA) is 127 Å². The lowest BCUT2D eigenvalue weighted by atomic mass is 9.99. The lowest BCUT2D eigenvalue weighted by Gasteiger charge is -2.36. The first-order chi connectivity index (χ1) is 13.8. The Balaban J connectivity index is 3.56. The number of nitrogens with zero attached hydrogens (tertiary/aromatic N) is 1. The fraction of sp³-hybridized carbons (Fsp3) is 0.550. The standard InChI is InChI=1S/C20H29NO8S/c1-7-28-18(24)15(16(22)19(25)29-8-2)17(23)21(20(4,5)6)30(26,27)14-11-9-13(3)10-12-14/h9-12,15-16,22H,7-8H2,1-6H3. The maximum atomic E-state index is 13.3. The van der Waals surface area contributed by atoms with Crippen LogP contribution < -0.4 is 0 Å². The van der Waals surface area contributed by atoms with E-state index in [0.29, 0.717) is 4.31 Å². The lowest BCUT2D eigenvalue weighted by Crippen LogP contribution is -2.56. The van der Waals surface area contributed by atoms with E-state index in [4.69, 9.17) is 9.47 Å². The number of hydrogen-bond donors (Lipinski definition) is 1. The van der Waals surface area contributed by atoms with Gasteiger partial charge in [0.25, 0.3) is 15.9 Å². The highest BCUT2D eigenvalue weighted by atomic mass is 32.2. The van der Waals surface area contributed by atoms with Gasteiger partial charge in [0.15, 0.2) is 12.0 Å². The number of aliphatic hydroxyl groups is 1. The van der Waals surface area contributed by atoms with Crippen LogP contribution in [0.5, 0.6) is 0 Å². The largest absolute Gasteiger partial charge is 0.465 e. The Morgan fingerprint density at radius 1 is 1.00 bits per heavy atom. The average Bonchev–Trinajstić information content (AvgIpc) is 2.61. The molecule has 2 atom stereocenters. The first-order valence-corrected chi connectivity index (χ1v) is 10.9. The van der Waals surface area contributed by atoms with Crippen molar-refractivity contribution in [2.24, 2.45) is 5.92 Å². The molecule has 2 unspecified atom stereocenters. The van der Waals surface area contributed by atoms with Crippen LogP contribution in [0.25, 0.3) is 0 Å². The quantitative estimate of drug-likeness (QED) is 0.472. The Hall–Kier alpha value is -2.46. The molecule has 0 aromatic heterocycles. The van der Waals surface area contributed by atoms with E-state index in [0.717, 1.165) is 5.56 Å². The van der Waals surface area contributed by atoms with E-state index in [1.54, 1.807) is 19.1 Å². The van der Waals surface area contributed by atoms with Gasteiger partial charge in [-0.1, -0.05) is 17.7 Å². The molecule has 9 nitrogen and oxygen atoms in total. The molecular formula is C20H29NO8S. The molecule has 0 fully saturated rings. The number of carbonyl (C=O) groups excluding carboxylic acids is 3. The Morgan fingerprint density at radius 2 is 1.47 bits per heavy atom. The smallest absolute Gasteiger partial charge is 0.336 e. The first kappa shape index (κ1) is 25.6. The molecule has 1 amide bonds. The number of aryl methyl sites for hydroxylation is 1. The zero-order valence-electron chi connectivity index (χ0n) is 18.0. The number of hydrogen-bond acceptors (Lipinski definition) is 8. The summed E-state index contributed by atoms with van der Waals surface area (Å²) in [5, 5.41) is 10.3. The van der Waals surface area contributed by atoms with Crippen LogP contribution in [0.3, 0.4) is 0 Å². The van der Waals surface area contributed by atoms with Gasteiger partial charge >= 0.3 is 11.9 Å². The number of carbonyl (C=O) groups is 3. The SMILES string of the molecule is CCOC(=O)C(O)C(C(=O)OCC)C(=O)N(C(C)(C)C)S(=O)(=O)c1ccc(C)cc1. The summed E-state index contributed by atoms with van der Waals surface area (Å²) >= 11 is 0. The van der Waals surface area contributed by atoms with E-state index >= 15 is 0 Å². The molecular weight excluding hydrogens is 414 g/mol. The van der Waals surface area contributed by atoms with Crippen LogP contribution in [-0.4, -0.2) is 60.5 Å². The number of rotatable bonds is 8. The molecule has 1 N–H and O–H groups in total. The van der Waals surface area contributed by atoms with Crippen molar-refractivity contribution in [1.82, 2.24) is 4.31 Å². The fourth-order valence-electron chi connectivity index (χ4n) is 2.71. The Bertz CT molecular complexity index is 871. The summed E-state index contributed by atoms with van der Waals surface area (Å²) in [7, 11) is -4.43. The summed E-state index contributed by atoms with van der Waals surface area (Å²) in [6.45, 7) is 8.84. The number of esters is 2. The van der Waals surface area contributed by atoms with Crippen LogP contribution in [0.2, 0.25) is 0 Å². The molecule has 168 valence electrons. The van der Waals surface area contributed by atoms with Gasteiger partial charge in [-0.05, 0) is 53.7 Å². The summed E-state index contributed by atoms with van der Waals surface area (Å²) in [4.78, 5) is 37.6. The molecule has 0 radical (unpaired) electrons. The summed E-state index contributed by atoms with van der Waals surface area (Å²) in [6.07, 6.45) is -2.23. The average molecular weight is 444 g/mol. The normalized spacial score (nSPS) is 13.8. The van der Waals surface area contributed by atoms with Crippen molar-refractivity contribution in [2.45, 2.75) is 58.1 Å². The number of benzene rings is 1. The minimum atomic E-state index is -4.43. The number of ether oxygens (including phenoxy) is 2. The maximum absolute atomic E-state index is 13.3. The molecule has 0 bridgehead atoms. The zero-order chi connectivity index (χ0) is 23.3. The van der Waals surface area contributed by atoms with E-state index in [1.807, 2.05) is 0 Å². The number of sulfonamides is 1. The van der Waals surface area contributed by atoms with Crippen LogP contribution in [0.4, 0.5) is 0 Å². The molecule has 0 aliphatic rings. The molecule has 1 aromatic rings. The third kappa shape index (κ3) is 5.79. The Morgan fingerprint density at radius 3 is 1.90 bits per heavy atom. The zero-order valence-corrected chi connectivity index (χ0v) is 18.9. The minimum Gasteiger partial charge on any atom is -0.465 e. The van der Waals surface area contributed by atoms with Gasteiger partial charge in [-0.2, -0.15) is 0 Å². The van der Waals surface area contributed by atoms with Crippen molar-refractivity contribution >= 4 is 27.9 Å². The summed E-state index contributed by atoms with van der Waals surface area (Å²) in [6, 6.07) is 5.79. The molecule has 1 aromatic carbocycles. The maximum Gasteiger partial charge on any atom is 0.336 e. The summed E-state index contributed by atoms with van der Waals surface area (Å²) < 4.78 is 36.6. The van der Waals surface area contributed by atoms with Gasteiger partial charge < -0.3 is 14.6 Å². The van der Waals surface area contributed by atoms with Gasteiger partial charge in [-0.3, -0.25) is 9.59 Å². The van der Waals surface area contributed by atoms with E-state index in [1.165, 1.54) is 46.8 Å². The first-order valence-electron chi connectivity index (χ1n) is 9.46. The van der Waals surface area contributed by atoms with Gasteiger partial charge in [-0.15, -0.1) is 0 Å². The molecule has 0 heterocycles. The molecule has 0 saturated carbocycles. The number of aliphatic hydroxyl groups excluding tert-OH is 1. The van der Waals surface area contributed by atoms with Crippen molar-refractivity contribution < 1.29 is 37.4 Å². The van der Waals surface area contributed by atoms with E-state index in [9.17, 15) is 27.9 Å². The van der Waals surface area contributed by atoms with Crippen LogP contribution in [-0.2, 0) is 33.9 Å². The van der Waals surface area contributed by atoms with Crippen LogP contribution in [0.1, 0.15) is 40.2 Å². The third-order valence-corrected chi connectivity index (χ3v) is 6.10. The van der Waals surface area contributed by atoms with Crippen molar-refractivity contribution in [3.05, 3.63) is 29.8 Å². The van der Waals surface area contributed by atoms with Crippen LogP contribution in [0, 0.1) is 12.8 Å². The van der Waals surface area contributed by atoms with Crippen LogP contribution >= 0.6 is 0 Å². The van der Waals surface area contributed by atoms with Crippen molar-refractivity contribution in [3.8, 4) is 0 Å². The minimum absolute atomic E-state index is 0.107. The Kier molecular flexibility index (Phi) is 8.55. The second-order valence-electron chi connectivity index (χ2n) is 7.52. The second kappa shape index (κ2) is 10.0. The summed E-state index contributed by atoms with van der Waals surface area (Å²) in [5.41, 5.74) is -0.510. The van der Waals surface area contributed by atoms with E-state index < -0.39 is 45.4 Å². The molecule has 0 spiro atoms. The highest BCUT2D eigenvalue weighted by molar-refractivity contribution is 7.89. The van der Waals surface area contributed by atoms with E-state index in [-0.39, 0.29) is 18.1 Å². The fourth-order valence-corrected chi connectivity index (χ4v) is 4.47. The van der Waals surface area contributed by atoms with Gasteiger partial charge in [0.2, 0.25) is 0 Å². The lowest BCUT2D eigenvalue weighted by molar-refractivity contribution is -0.171. The highest BCUT2D eigenvalue weighted by Gasteiger charge is 2.49. The summed E-state index contributed by atoms with van der Waals surface area (Å²) in [5.74, 6) is -5.85. The van der Waals surface area contributed by atoms with Crippen LogP contribution in [0.15, 0.2) is 29.2 Å². The second-order valence-corrected chi connectivity index (χ2v) is 9.30. The van der Waals surface area contributed by atoms with Crippen molar-refractivity contribution in [3.63, 3.8) is 0 Å². The molecule has 0 aliphatic carbocycles. The highest BCUT2D eigenvalue weighted by Crippen LogP contribution is 2.28. The molecule has 10 heteroatoms. The van der Waals surface area contributed by atoms with E-state index in [2.05, 4.69) is 0 Å². The van der Waals surface area contributed by atoms with Crippen molar-refractivity contribution in [2.75, 3.05) is 13.2 Å². The van der Waals surface area contributed by atoms with Gasteiger partial charge in [0.05, 0.1) is 23.6 Å². The number of amides is 1.